The molecule has 2 heterocycles. The number of carbonyl (C=O) groups excluding carboxylic acids is 1. The van der Waals surface area contributed by atoms with Crippen LogP contribution in [-0.4, -0.2) is 47.6 Å². The molecule has 5 rings (SSSR count). The van der Waals surface area contributed by atoms with Crippen molar-refractivity contribution in [3.8, 4) is 0 Å². The number of aromatic nitrogens is 1. The first-order valence-electron chi connectivity index (χ1n) is 12.7. The molecule has 6 nitrogen and oxygen atoms in total. The normalized spacial score (nSPS) is 15.7. The molecule has 0 bridgehead atoms. The summed E-state index contributed by atoms with van der Waals surface area (Å²) in [5.41, 5.74) is 3.15. The van der Waals surface area contributed by atoms with E-state index in [-0.39, 0.29) is 29.2 Å². The number of rotatable bonds is 7. The van der Waals surface area contributed by atoms with Crippen LogP contribution in [0.2, 0.25) is 0 Å². The molecule has 0 spiro atoms. The zero-order valence-electron chi connectivity index (χ0n) is 22.3. The highest BCUT2D eigenvalue weighted by Gasteiger charge is 2.80. The van der Waals surface area contributed by atoms with Gasteiger partial charge in [-0.1, -0.05) is 29.4 Å². The van der Waals surface area contributed by atoms with Crippen LogP contribution in [0, 0.1) is 6.92 Å². The molecule has 0 saturated carbocycles. The second-order valence-electron chi connectivity index (χ2n) is 9.74. The quantitative estimate of drug-likeness (QED) is 0.117. The molecule has 228 valence electrons. The molecule has 1 aromatic heterocycles. The van der Waals surface area contributed by atoms with Gasteiger partial charge in [0.15, 0.2) is 5.78 Å². The molecule has 3 aromatic carbocycles. The highest BCUT2D eigenvalue weighted by atomic mass is 32.2. The molecular weight excluding hydrogens is 625 g/mol. The summed E-state index contributed by atoms with van der Waals surface area (Å²) in [4.78, 5) is 13.8. The van der Waals surface area contributed by atoms with Gasteiger partial charge in [0, 0.05) is 56.6 Å². The maximum absolute atomic E-state index is 13.9. The number of aryl methyl sites for hydroxylation is 2. The highest BCUT2D eigenvalue weighted by molar-refractivity contribution is 7.99. The lowest BCUT2D eigenvalue weighted by molar-refractivity contribution is -0.333. The summed E-state index contributed by atoms with van der Waals surface area (Å²) < 4.78 is 122. The Morgan fingerprint density at radius 1 is 0.977 bits per heavy atom. The van der Waals surface area contributed by atoms with Crippen LogP contribution < -0.4 is 0 Å². The van der Waals surface area contributed by atoms with Crippen LogP contribution in [0.3, 0.4) is 0 Å². The molecule has 0 fully saturated rings. The molecule has 0 unspecified atom stereocenters. The van der Waals surface area contributed by atoms with Crippen molar-refractivity contribution < 1.29 is 48.2 Å². The molecule has 0 aliphatic carbocycles. The molecule has 4 aromatic rings. The first-order valence-corrected chi connectivity index (χ1v) is 15.1. The maximum Gasteiger partial charge on any atom is 0.461 e. The second-order valence-corrected chi connectivity index (χ2v) is 12.4. The number of carbonyl (C=O) groups is 1. The third-order valence-electron chi connectivity index (χ3n) is 7.12. The average molecular weight is 647 g/mol. The van der Waals surface area contributed by atoms with Gasteiger partial charge < -0.3 is 4.57 Å². The van der Waals surface area contributed by atoms with Crippen molar-refractivity contribution in [3.05, 3.63) is 76.9 Å². The van der Waals surface area contributed by atoms with E-state index >= 15 is 0 Å². The molecular formula is C28H21F7N2O4S2. The van der Waals surface area contributed by atoms with Gasteiger partial charge >= 0.3 is 27.5 Å². The van der Waals surface area contributed by atoms with E-state index in [1.165, 1.54) is 11.8 Å². The Morgan fingerprint density at radius 3 is 2.30 bits per heavy atom. The SMILES string of the molecule is CCn1c2ccc(C(=O)c3ccccc3C)cc2c2cc3c(cc21)SCC/C3=N\OS(=O)(=O)C(F)(F)C(F)(F)C(F)(F)F. The number of ketones is 1. The lowest BCUT2D eigenvalue weighted by atomic mass is 9.97. The Labute approximate surface area is 244 Å². The summed E-state index contributed by atoms with van der Waals surface area (Å²) in [5.74, 6) is -6.89. The van der Waals surface area contributed by atoms with E-state index in [0.717, 1.165) is 16.6 Å². The van der Waals surface area contributed by atoms with Crippen molar-refractivity contribution in [3.63, 3.8) is 0 Å². The summed E-state index contributed by atoms with van der Waals surface area (Å²) in [6.45, 7) is 4.24. The zero-order valence-corrected chi connectivity index (χ0v) is 23.9. The second kappa shape index (κ2) is 10.5. The third-order valence-corrected chi connectivity index (χ3v) is 9.33. The number of fused-ring (bicyclic) bond motifs is 4. The number of thioether (sulfide) groups is 1. The van der Waals surface area contributed by atoms with Gasteiger partial charge in [-0.2, -0.15) is 39.2 Å². The first kappa shape index (κ1) is 30.9. The van der Waals surface area contributed by atoms with E-state index in [4.69, 9.17) is 0 Å². The molecule has 0 saturated heterocycles. The van der Waals surface area contributed by atoms with Gasteiger partial charge in [-0.15, -0.1) is 11.8 Å². The predicted molar refractivity (Wildman–Crippen MR) is 148 cm³/mol. The number of alkyl halides is 7. The molecule has 0 amide bonds. The van der Waals surface area contributed by atoms with Gasteiger partial charge in [0.05, 0.1) is 11.2 Å². The van der Waals surface area contributed by atoms with E-state index in [9.17, 15) is 43.9 Å². The van der Waals surface area contributed by atoms with Crippen molar-refractivity contribution >= 4 is 55.2 Å². The van der Waals surface area contributed by atoms with Gasteiger partial charge in [0.2, 0.25) is 0 Å². The van der Waals surface area contributed by atoms with Gasteiger partial charge in [-0.25, -0.2) is 0 Å². The minimum atomic E-state index is -6.93. The van der Waals surface area contributed by atoms with Crippen LogP contribution >= 0.6 is 11.8 Å². The van der Waals surface area contributed by atoms with Gasteiger partial charge in [-0.05, 0) is 49.7 Å². The molecule has 0 radical (unpaired) electrons. The number of benzene rings is 3. The van der Waals surface area contributed by atoms with Crippen LogP contribution in [0.1, 0.15) is 40.4 Å². The number of hydrogen-bond acceptors (Lipinski definition) is 6. The van der Waals surface area contributed by atoms with Gasteiger partial charge in [-0.3, -0.25) is 9.08 Å². The fraction of sp³-hybridized carbons (Fsp3) is 0.286. The fourth-order valence-electron chi connectivity index (χ4n) is 4.89. The molecule has 0 N–H and O–H groups in total. The van der Waals surface area contributed by atoms with E-state index in [2.05, 4.69) is 9.44 Å². The lowest BCUT2D eigenvalue weighted by Gasteiger charge is -2.26. The van der Waals surface area contributed by atoms with Gasteiger partial charge in [0.1, 0.15) is 0 Å². The standard InChI is InChI=1S/C28H21F7N2O4S2/c1-3-37-22-9-8-16(25(38)17-7-5-4-6-15(17)2)12-18(22)19-13-20-21(10-11-42-24(20)14-23(19)37)36-41-43(39,40)28(34,35)26(29,30)27(31,32)33/h4-9,12-14H,3,10-11H2,1-2H3/b36-21+. The number of halogens is 7. The molecule has 43 heavy (non-hydrogen) atoms. The Balaban J connectivity index is 1.61. The van der Waals surface area contributed by atoms with Gasteiger partial charge in [0.25, 0.3) is 0 Å². The van der Waals surface area contributed by atoms with Crippen LogP contribution in [0.25, 0.3) is 21.8 Å². The van der Waals surface area contributed by atoms with E-state index < -0.39 is 27.5 Å². The zero-order chi connectivity index (χ0) is 31.5. The Bertz CT molecular complexity index is 1920. The number of hydrogen-bond donors (Lipinski definition) is 0. The minimum absolute atomic E-state index is 0.0661. The largest absolute Gasteiger partial charge is 0.461 e. The highest BCUT2D eigenvalue weighted by Crippen LogP contribution is 2.49. The van der Waals surface area contributed by atoms with E-state index in [0.29, 0.717) is 33.3 Å². The topological polar surface area (TPSA) is 77.7 Å². The van der Waals surface area contributed by atoms with Crippen molar-refractivity contribution in [2.45, 2.75) is 49.1 Å². The summed E-state index contributed by atoms with van der Waals surface area (Å²) >= 11 is 1.32. The number of nitrogens with zero attached hydrogens (tertiary/aromatic N) is 2. The fourth-order valence-corrected chi connectivity index (χ4v) is 6.64. The van der Waals surface area contributed by atoms with E-state index in [1.807, 2.05) is 30.5 Å². The first-order chi connectivity index (χ1) is 20.0. The Hall–Kier alpha value is -3.59. The van der Waals surface area contributed by atoms with Crippen LogP contribution in [0.15, 0.2) is 64.6 Å². The average Bonchev–Trinajstić information content (AvgIpc) is 3.25. The van der Waals surface area contributed by atoms with Crippen LogP contribution in [0.5, 0.6) is 0 Å². The van der Waals surface area contributed by atoms with E-state index in [1.54, 1.807) is 42.5 Å². The number of oxime groups is 1. The van der Waals surface area contributed by atoms with Crippen molar-refractivity contribution in [1.29, 1.82) is 0 Å². The maximum atomic E-state index is 13.9. The van der Waals surface area contributed by atoms with Crippen molar-refractivity contribution in [2.24, 2.45) is 5.16 Å². The Morgan fingerprint density at radius 2 is 1.65 bits per heavy atom. The summed E-state index contributed by atoms with van der Waals surface area (Å²) in [7, 11) is -6.86. The van der Waals surface area contributed by atoms with Crippen molar-refractivity contribution in [2.75, 3.05) is 5.75 Å². The van der Waals surface area contributed by atoms with Crippen molar-refractivity contribution in [1.82, 2.24) is 4.57 Å². The van der Waals surface area contributed by atoms with Crippen LogP contribution in [0.4, 0.5) is 30.7 Å². The third kappa shape index (κ3) is 4.95. The molecule has 0 atom stereocenters. The molecule has 15 heteroatoms. The lowest BCUT2D eigenvalue weighted by Crippen LogP contribution is -2.56. The predicted octanol–water partition coefficient (Wildman–Crippen LogP) is 7.69. The monoisotopic (exact) mass is 646 g/mol. The van der Waals surface area contributed by atoms with Crippen LogP contribution in [-0.2, 0) is 20.9 Å². The molecule has 1 aliphatic heterocycles. The summed E-state index contributed by atoms with van der Waals surface area (Å²) in [6, 6.07) is 15.6. The smallest absolute Gasteiger partial charge is 0.341 e. The Kier molecular flexibility index (Phi) is 7.56. The summed E-state index contributed by atoms with van der Waals surface area (Å²) in [6.07, 6.45) is -6.93. The molecule has 1 aliphatic rings. The minimum Gasteiger partial charge on any atom is -0.341 e. The summed E-state index contributed by atoms with van der Waals surface area (Å²) in [5, 5.41) is -2.28.